The van der Waals surface area contributed by atoms with E-state index in [-0.39, 0.29) is 10.6 Å². The Morgan fingerprint density at radius 1 is 1.15 bits per heavy atom. The minimum Gasteiger partial charge on any atom is -0.272 e. The molecule has 20 heavy (non-hydrogen) atoms. The zero-order chi connectivity index (χ0) is 14.6. The van der Waals surface area contributed by atoms with E-state index in [9.17, 15) is 13.2 Å². The molecule has 0 aliphatic carbocycles. The van der Waals surface area contributed by atoms with Crippen molar-refractivity contribution < 1.29 is 13.2 Å². The van der Waals surface area contributed by atoms with Gasteiger partial charge < -0.3 is 0 Å². The van der Waals surface area contributed by atoms with Crippen molar-refractivity contribution in [1.29, 1.82) is 0 Å². The summed E-state index contributed by atoms with van der Waals surface area (Å²) in [6.45, 7) is 0. The van der Waals surface area contributed by atoms with Crippen molar-refractivity contribution in [3.8, 4) is 0 Å². The molecule has 1 aromatic heterocycles. The zero-order valence-electron chi connectivity index (χ0n) is 9.95. The van der Waals surface area contributed by atoms with Crippen LogP contribution in [0.25, 0.3) is 0 Å². The quantitative estimate of drug-likeness (QED) is 0.791. The van der Waals surface area contributed by atoms with E-state index in [1.807, 2.05) is 4.83 Å². The minimum absolute atomic E-state index is 0.00556. The van der Waals surface area contributed by atoms with Crippen molar-refractivity contribution >= 4 is 31.9 Å². The monoisotopic (exact) mass is 356 g/mol. The van der Waals surface area contributed by atoms with Crippen molar-refractivity contribution in [2.24, 2.45) is 0 Å². The molecule has 0 spiro atoms. The summed E-state index contributed by atoms with van der Waals surface area (Å²) >= 11 is 3.20. The number of rotatable bonds is 4. The van der Waals surface area contributed by atoms with E-state index in [4.69, 9.17) is 0 Å². The van der Waals surface area contributed by atoms with E-state index < -0.39 is 15.9 Å². The van der Waals surface area contributed by atoms with Gasteiger partial charge in [-0.05, 0) is 24.3 Å². The second-order valence-electron chi connectivity index (χ2n) is 3.60. The van der Waals surface area contributed by atoms with E-state index in [0.29, 0.717) is 0 Å². The molecular weight excluding hydrogens is 348 g/mol. The standard InChI is InChI=1S/C11H9BrN4O3S/c12-8-1-3-9(4-2-8)20(18,19)16-15-11(17)10-7-13-5-6-14-10/h1-7,16H,(H,15,17). The van der Waals surface area contributed by atoms with Gasteiger partial charge in [0.2, 0.25) is 0 Å². The molecule has 0 saturated heterocycles. The summed E-state index contributed by atoms with van der Waals surface area (Å²) < 4.78 is 24.6. The number of aromatic nitrogens is 2. The Balaban J connectivity index is 2.06. The van der Waals surface area contributed by atoms with Gasteiger partial charge in [0.05, 0.1) is 11.1 Å². The average Bonchev–Trinajstić information content (AvgIpc) is 2.46. The molecule has 1 amide bonds. The Kier molecular flexibility index (Phi) is 4.42. The van der Waals surface area contributed by atoms with Crippen LogP contribution < -0.4 is 10.3 Å². The average molecular weight is 357 g/mol. The van der Waals surface area contributed by atoms with Crippen molar-refractivity contribution in [1.82, 2.24) is 20.2 Å². The number of sulfonamides is 1. The third-order valence-corrected chi connectivity index (χ3v) is 4.01. The number of carbonyl (C=O) groups is 1. The predicted molar refractivity (Wildman–Crippen MR) is 74.0 cm³/mol. The maximum Gasteiger partial charge on any atom is 0.286 e. The van der Waals surface area contributed by atoms with Crippen molar-refractivity contribution in [3.05, 3.63) is 53.0 Å². The summed E-state index contributed by atoms with van der Waals surface area (Å²) in [5, 5.41) is 0. The third-order valence-electron chi connectivity index (χ3n) is 2.22. The summed E-state index contributed by atoms with van der Waals surface area (Å²) in [4.78, 5) is 21.1. The van der Waals surface area contributed by atoms with Crippen LogP contribution in [0, 0.1) is 0 Å². The fourth-order valence-electron chi connectivity index (χ4n) is 1.27. The molecule has 7 nitrogen and oxygen atoms in total. The van der Waals surface area contributed by atoms with E-state index in [1.54, 1.807) is 12.1 Å². The smallest absolute Gasteiger partial charge is 0.272 e. The van der Waals surface area contributed by atoms with E-state index in [1.165, 1.54) is 30.7 Å². The van der Waals surface area contributed by atoms with Crippen LogP contribution in [-0.4, -0.2) is 24.3 Å². The first-order chi connectivity index (χ1) is 9.49. The van der Waals surface area contributed by atoms with Crippen LogP contribution in [-0.2, 0) is 10.0 Å². The van der Waals surface area contributed by atoms with Gasteiger partial charge >= 0.3 is 0 Å². The molecule has 0 saturated carbocycles. The molecule has 104 valence electrons. The van der Waals surface area contributed by atoms with Crippen LogP contribution >= 0.6 is 15.9 Å². The Morgan fingerprint density at radius 3 is 2.45 bits per heavy atom. The highest BCUT2D eigenvalue weighted by atomic mass is 79.9. The lowest BCUT2D eigenvalue weighted by Crippen LogP contribution is -2.41. The van der Waals surface area contributed by atoms with E-state index in [0.717, 1.165) is 4.47 Å². The first kappa shape index (κ1) is 14.6. The summed E-state index contributed by atoms with van der Waals surface area (Å²) in [6.07, 6.45) is 3.96. The summed E-state index contributed by atoms with van der Waals surface area (Å²) in [6, 6.07) is 5.97. The van der Waals surface area contributed by atoms with Crippen molar-refractivity contribution in [3.63, 3.8) is 0 Å². The number of nitrogens with one attached hydrogen (secondary N) is 2. The first-order valence-corrected chi connectivity index (χ1v) is 7.60. The lowest BCUT2D eigenvalue weighted by molar-refractivity contribution is 0.0939. The van der Waals surface area contributed by atoms with Gasteiger partial charge in [-0.2, -0.15) is 0 Å². The molecule has 0 bridgehead atoms. The Morgan fingerprint density at radius 2 is 1.85 bits per heavy atom. The Bertz CT molecular complexity index is 704. The fourth-order valence-corrected chi connectivity index (χ4v) is 2.37. The van der Waals surface area contributed by atoms with Crippen LogP contribution in [0.4, 0.5) is 0 Å². The molecule has 0 aliphatic rings. The van der Waals surface area contributed by atoms with Gasteiger partial charge in [-0.25, -0.2) is 13.4 Å². The van der Waals surface area contributed by atoms with Gasteiger partial charge in [-0.15, -0.1) is 4.83 Å². The molecular formula is C11H9BrN4O3S. The number of benzene rings is 1. The number of nitrogens with zero attached hydrogens (tertiary/aromatic N) is 2. The third kappa shape index (κ3) is 3.59. The van der Waals surface area contributed by atoms with Gasteiger partial charge in [0.1, 0.15) is 5.69 Å². The van der Waals surface area contributed by atoms with Gasteiger partial charge in [0.15, 0.2) is 0 Å². The first-order valence-electron chi connectivity index (χ1n) is 5.33. The number of hydrogen-bond donors (Lipinski definition) is 2. The van der Waals surface area contributed by atoms with Crippen LogP contribution in [0.1, 0.15) is 10.5 Å². The van der Waals surface area contributed by atoms with Crippen LogP contribution in [0.3, 0.4) is 0 Å². The van der Waals surface area contributed by atoms with E-state index in [2.05, 4.69) is 31.3 Å². The highest BCUT2D eigenvalue weighted by molar-refractivity contribution is 9.10. The molecule has 2 N–H and O–H groups in total. The number of amides is 1. The highest BCUT2D eigenvalue weighted by Crippen LogP contribution is 2.13. The molecule has 9 heteroatoms. The Labute approximate surface area is 123 Å². The van der Waals surface area contributed by atoms with Gasteiger partial charge in [-0.3, -0.25) is 15.2 Å². The molecule has 0 aliphatic heterocycles. The normalized spacial score (nSPS) is 11.1. The minimum atomic E-state index is -3.83. The Hall–Kier alpha value is -1.84. The molecule has 0 radical (unpaired) electrons. The lowest BCUT2D eigenvalue weighted by Gasteiger charge is -2.07. The maximum atomic E-state index is 11.9. The molecule has 0 unspecified atom stereocenters. The van der Waals surface area contributed by atoms with Gasteiger partial charge in [0, 0.05) is 16.9 Å². The van der Waals surface area contributed by atoms with Crippen LogP contribution in [0.5, 0.6) is 0 Å². The SMILES string of the molecule is O=C(NNS(=O)(=O)c1ccc(Br)cc1)c1cnccn1. The van der Waals surface area contributed by atoms with Crippen molar-refractivity contribution in [2.45, 2.75) is 4.90 Å². The van der Waals surface area contributed by atoms with Gasteiger partial charge in [0.25, 0.3) is 15.9 Å². The molecule has 1 heterocycles. The summed E-state index contributed by atoms with van der Waals surface area (Å²) in [7, 11) is -3.83. The molecule has 0 atom stereocenters. The molecule has 2 aromatic rings. The molecule has 0 fully saturated rings. The second-order valence-corrected chi connectivity index (χ2v) is 6.20. The number of hydrazine groups is 1. The van der Waals surface area contributed by atoms with Gasteiger partial charge in [-0.1, -0.05) is 15.9 Å². The largest absolute Gasteiger partial charge is 0.286 e. The highest BCUT2D eigenvalue weighted by Gasteiger charge is 2.15. The maximum absolute atomic E-state index is 11.9. The second kappa shape index (κ2) is 6.07. The summed E-state index contributed by atoms with van der Waals surface area (Å²) in [5.74, 6) is -0.696. The van der Waals surface area contributed by atoms with E-state index >= 15 is 0 Å². The number of halogens is 1. The zero-order valence-corrected chi connectivity index (χ0v) is 12.3. The van der Waals surface area contributed by atoms with Crippen molar-refractivity contribution in [2.75, 3.05) is 0 Å². The number of hydrogen-bond acceptors (Lipinski definition) is 5. The molecule has 1 aromatic carbocycles. The predicted octanol–water partition coefficient (Wildman–Crippen LogP) is 0.862. The fraction of sp³-hybridized carbons (Fsp3) is 0. The number of carbonyl (C=O) groups excluding carboxylic acids is 1. The van der Waals surface area contributed by atoms with Crippen LogP contribution in [0.2, 0.25) is 0 Å². The topological polar surface area (TPSA) is 101 Å². The lowest BCUT2D eigenvalue weighted by atomic mass is 10.4. The molecule has 2 rings (SSSR count). The summed E-state index contributed by atoms with van der Waals surface area (Å²) in [5.41, 5.74) is 2.07. The van der Waals surface area contributed by atoms with Crippen LogP contribution in [0.15, 0.2) is 52.2 Å².